The predicted molar refractivity (Wildman–Crippen MR) is 190 cm³/mol. The molecule has 50 heavy (non-hydrogen) atoms. The minimum Gasteiger partial charge on any atom is -0.383 e. The van der Waals surface area contributed by atoms with Gasteiger partial charge in [-0.15, -0.1) is 10.2 Å². The van der Waals surface area contributed by atoms with Crippen LogP contribution >= 0.6 is 11.3 Å². The van der Waals surface area contributed by atoms with E-state index in [0.717, 1.165) is 10.3 Å². The number of halogens is 2. The number of ether oxygens (including phenoxy) is 2. The second-order valence-electron chi connectivity index (χ2n) is 13.9. The van der Waals surface area contributed by atoms with Crippen LogP contribution in [0.2, 0.25) is 25.7 Å². The van der Waals surface area contributed by atoms with E-state index in [4.69, 9.17) is 21.1 Å². The molecule has 0 atom stereocenters. The molecule has 13 nitrogen and oxygen atoms in total. The Kier molecular flexibility index (Phi) is 11.4. The molecular weight excluding hydrogens is 729 g/mol. The van der Waals surface area contributed by atoms with Gasteiger partial charge in [0.25, 0.3) is 16.4 Å². The lowest BCUT2D eigenvalue weighted by molar-refractivity contribution is 0.0642. The molecule has 274 valence electrons. The second-order valence-corrected chi connectivity index (χ2v) is 24.9. The molecule has 0 radical (unpaired) electrons. The lowest BCUT2D eigenvalue weighted by atomic mass is 9.97. The van der Waals surface area contributed by atoms with Crippen LogP contribution in [-0.4, -0.2) is 105 Å². The van der Waals surface area contributed by atoms with Gasteiger partial charge in [-0.05, 0) is 44.0 Å². The van der Waals surface area contributed by atoms with Gasteiger partial charge in [0.15, 0.2) is 10.0 Å². The van der Waals surface area contributed by atoms with Crippen molar-refractivity contribution in [1.29, 1.82) is 0 Å². The van der Waals surface area contributed by atoms with Crippen LogP contribution in [0.4, 0.5) is 8.78 Å². The molecule has 1 aliphatic carbocycles. The Bertz CT molecular complexity index is 2020. The van der Waals surface area contributed by atoms with Gasteiger partial charge in [0.05, 0.1) is 41.7 Å². The van der Waals surface area contributed by atoms with Crippen molar-refractivity contribution < 1.29 is 35.1 Å². The quantitative estimate of drug-likeness (QED) is 0.0779. The average molecular weight is 772 g/mol. The maximum absolute atomic E-state index is 14.7. The molecule has 1 saturated carbocycles. The maximum atomic E-state index is 14.7. The molecule has 1 aromatic carbocycles. The zero-order chi connectivity index (χ0) is 36.6. The van der Waals surface area contributed by atoms with Crippen LogP contribution in [0, 0.1) is 6.57 Å². The Morgan fingerprint density at radius 1 is 1.14 bits per heavy atom. The summed E-state index contributed by atoms with van der Waals surface area (Å²) in [6, 6.07) is 3.79. The van der Waals surface area contributed by atoms with Crippen molar-refractivity contribution in [3.05, 3.63) is 40.2 Å². The third-order valence-electron chi connectivity index (χ3n) is 8.79. The first-order valence-corrected chi connectivity index (χ1v) is 23.7. The van der Waals surface area contributed by atoms with E-state index in [1.807, 2.05) is 0 Å². The van der Waals surface area contributed by atoms with Crippen molar-refractivity contribution in [3.63, 3.8) is 0 Å². The molecule has 0 unspecified atom stereocenters. The topological polar surface area (TPSA) is 141 Å². The van der Waals surface area contributed by atoms with Crippen molar-refractivity contribution in [2.75, 3.05) is 40.1 Å². The van der Waals surface area contributed by atoms with Crippen molar-refractivity contribution in [2.45, 2.75) is 87.6 Å². The summed E-state index contributed by atoms with van der Waals surface area (Å²) in [5, 5.41) is 11.6. The average Bonchev–Trinajstić information content (AvgIpc) is 3.51. The van der Waals surface area contributed by atoms with E-state index in [1.54, 1.807) is 24.6 Å². The number of methoxy groups -OCH3 is 1. The SMILES string of the molecule is [C-]#[N+]C1(N(COCC[Si](C)(C)C)S(=O)(=O)c2cc(C3=CCN(S(=O)(=O)C(C)C)CC3)c3c(c2)c(-c2nnc(C(F)F)s2)nn3CCOC)CC1. The van der Waals surface area contributed by atoms with Crippen LogP contribution < -0.4 is 0 Å². The molecular formula is C31H43F2N7O6S3Si. The van der Waals surface area contributed by atoms with Crippen molar-refractivity contribution in [1.82, 2.24) is 28.6 Å². The van der Waals surface area contributed by atoms with Gasteiger partial charge in [-0.25, -0.2) is 32.2 Å². The Balaban J connectivity index is 1.70. The van der Waals surface area contributed by atoms with Gasteiger partial charge >= 0.3 is 5.66 Å². The Morgan fingerprint density at radius 3 is 2.40 bits per heavy atom. The highest BCUT2D eigenvalue weighted by Gasteiger charge is 2.61. The molecule has 0 amide bonds. The first kappa shape index (κ1) is 38.5. The van der Waals surface area contributed by atoms with Crippen molar-refractivity contribution in [3.8, 4) is 10.7 Å². The molecule has 0 bridgehead atoms. The second kappa shape index (κ2) is 14.7. The van der Waals surface area contributed by atoms with Gasteiger partial charge in [-0.2, -0.15) is 9.40 Å². The zero-order valence-electron chi connectivity index (χ0n) is 29.0. The molecule has 19 heteroatoms. The number of benzene rings is 1. The van der Waals surface area contributed by atoms with E-state index in [9.17, 15) is 25.6 Å². The van der Waals surface area contributed by atoms with E-state index in [0.29, 0.717) is 52.8 Å². The summed E-state index contributed by atoms with van der Waals surface area (Å²) in [7, 11) is -7.88. The number of rotatable bonds is 16. The summed E-state index contributed by atoms with van der Waals surface area (Å²) < 4.78 is 97.8. The van der Waals surface area contributed by atoms with Gasteiger partial charge in [-0.3, -0.25) is 9.53 Å². The van der Waals surface area contributed by atoms with Gasteiger partial charge in [-0.1, -0.05) is 41.4 Å². The third-order valence-corrected chi connectivity index (χ3v) is 15.5. The summed E-state index contributed by atoms with van der Waals surface area (Å²) in [6.07, 6.45) is -0.103. The molecule has 1 aliphatic heterocycles. The molecule has 0 spiro atoms. The van der Waals surface area contributed by atoms with E-state index >= 15 is 0 Å². The highest BCUT2D eigenvalue weighted by molar-refractivity contribution is 7.89. The first-order chi connectivity index (χ1) is 23.4. The molecule has 0 saturated heterocycles. The van der Waals surface area contributed by atoms with Crippen LogP contribution in [0.5, 0.6) is 0 Å². The minimum absolute atomic E-state index is 0.0828. The fourth-order valence-corrected chi connectivity index (χ4v) is 9.97. The normalized spacial score (nSPS) is 17.2. The standard InChI is InChI=1S/C31H43F2N7O6S3Si/c1-21(2)48(41,42)38-12-8-22(9-13-38)24-18-23(49(43,44)40(31(34-3)10-11-31)20-46-16-17-50(5,6)7)19-25-26(29-35-36-30(47-29)28(32)33)37-39(27(24)25)14-15-45-4/h8,18-19,21,28H,9-17,20H2,1-2,4-7H3. The molecule has 3 heterocycles. The smallest absolute Gasteiger partial charge is 0.303 e. The fourth-order valence-electron chi connectivity index (χ4n) is 5.62. The number of hydrogen-bond donors (Lipinski definition) is 0. The van der Waals surface area contributed by atoms with Crippen molar-refractivity contribution in [2.24, 2.45) is 0 Å². The number of alkyl halides is 2. The molecule has 0 N–H and O–H groups in total. The highest BCUT2D eigenvalue weighted by Crippen LogP contribution is 2.47. The number of sulfonamides is 2. The van der Waals surface area contributed by atoms with E-state index in [2.05, 4.69) is 34.7 Å². The summed E-state index contributed by atoms with van der Waals surface area (Å²) in [5.41, 5.74) is 0.592. The monoisotopic (exact) mass is 771 g/mol. The molecule has 2 aromatic heterocycles. The van der Waals surface area contributed by atoms with Crippen LogP contribution in [-0.2, 0) is 36.1 Å². The summed E-state index contributed by atoms with van der Waals surface area (Å²) in [5.74, 6) is 0. The number of aromatic nitrogens is 4. The minimum atomic E-state index is -4.38. The highest BCUT2D eigenvalue weighted by atomic mass is 32.2. The maximum Gasteiger partial charge on any atom is 0.303 e. The van der Waals surface area contributed by atoms with Crippen LogP contribution in [0.1, 0.15) is 50.1 Å². The first-order valence-electron chi connectivity index (χ1n) is 16.3. The lowest BCUT2D eigenvalue weighted by Crippen LogP contribution is -2.42. The summed E-state index contributed by atoms with van der Waals surface area (Å²) >= 11 is 0.663. The van der Waals surface area contributed by atoms with Gasteiger partial charge in [0.2, 0.25) is 10.0 Å². The molecule has 5 rings (SSSR count). The molecule has 3 aromatic rings. The molecule has 2 aliphatic rings. The fraction of sp³-hybridized carbons (Fsp3) is 0.613. The van der Waals surface area contributed by atoms with E-state index < -0.39 is 50.5 Å². The van der Waals surface area contributed by atoms with Crippen LogP contribution in [0.25, 0.3) is 32.0 Å². The Hall–Kier alpha value is -2.70. The Morgan fingerprint density at radius 2 is 1.86 bits per heavy atom. The Labute approximate surface area is 297 Å². The molecule has 1 fully saturated rings. The van der Waals surface area contributed by atoms with E-state index in [1.165, 1.54) is 23.5 Å². The number of fused-ring (bicyclic) bond motifs is 1. The zero-order valence-corrected chi connectivity index (χ0v) is 32.5. The van der Waals surface area contributed by atoms with Crippen LogP contribution in [0.3, 0.4) is 0 Å². The number of hydrogen-bond acceptors (Lipinski definition) is 10. The lowest BCUT2D eigenvalue weighted by Gasteiger charge is -2.28. The predicted octanol–water partition coefficient (Wildman–Crippen LogP) is 5.68. The van der Waals surface area contributed by atoms with Crippen LogP contribution in [0.15, 0.2) is 23.1 Å². The van der Waals surface area contributed by atoms with Gasteiger partial charge in [0, 0.05) is 45.8 Å². The third kappa shape index (κ3) is 7.87. The number of nitrogens with zero attached hydrogens (tertiary/aromatic N) is 7. The summed E-state index contributed by atoms with van der Waals surface area (Å²) in [4.78, 5) is 3.60. The van der Waals surface area contributed by atoms with Crippen molar-refractivity contribution >= 4 is 55.9 Å². The van der Waals surface area contributed by atoms with E-state index in [-0.39, 0.29) is 55.0 Å². The van der Waals surface area contributed by atoms with Gasteiger partial charge in [0.1, 0.15) is 12.4 Å². The largest absolute Gasteiger partial charge is 0.383 e. The van der Waals surface area contributed by atoms with Gasteiger partial charge < -0.3 is 9.47 Å². The summed E-state index contributed by atoms with van der Waals surface area (Å²) in [6.45, 7) is 18.5.